The molecular weight excluding hydrogens is 440 g/mol. The van der Waals surface area contributed by atoms with Crippen LogP contribution in [-0.4, -0.2) is 50.4 Å². The van der Waals surface area contributed by atoms with Crippen molar-refractivity contribution in [2.45, 2.75) is 49.5 Å². The van der Waals surface area contributed by atoms with Crippen LogP contribution in [0.4, 0.5) is 0 Å². The van der Waals surface area contributed by atoms with Crippen molar-refractivity contribution in [3.8, 4) is 5.75 Å². The van der Waals surface area contributed by atoms with E-state index < -0.39 is 10.0 Å². The van der Waals surface area contributed by atoms with E-state index in [0.717, 1.165) is 49.4 Å². The molecule has 2 heterocycles. The molecule has 1 aromatic carbocycles. The molecule has 0 atom stereocenters. The van der Waals surface area contributed by atoms with Crippen LogP contribution in [0.15, 0.2) is 33.9 Å². The third-order valence-electron chi connectivity index (χ3n) is 6.01. The first kappa shape index (κ1) is 22.1. The second-order valence-electron chi connectivity index (χ2n) is 8.52. The Balaban J connectivity index is 1.30. The Labute approximate surface area is 188 Å². The highest BCUT2D eigenvalue weighted by Gasteiger charge is 2.35. The Morgan fingerprint density at radius 3 is 2.67 bits per heavy atom. The van der Waals surface area contributed by atoms with E-state index in [9.17, 15) is 8.42 Å². The number of hydrogen-bond acceptors (Lipinski definition) is 5. The van der Waals surface area contributed by atoms with E-state index in [0.29, 0.717) is 21.7 Å². The molecule has 0 N–H and O–H groups in total. The minimum Gasteiger partial charge on any atom is -0.489 e. The summed E-state index contributed by atoms with van der Waals surface area (Å²) in [6.45, 7) is 5.56. The minimum atomic E-state index is -3.40. The van der Waals surface area contributed by atoms with E-state index in [4.69, 9.17) is 16.3 Å². The number of nitrogens with zero attached hydrogens (tertiary/aromatic N) is 2. The van der Waals surface area contributed by atoms with Gasteiger partial charge in [0.25, 0.3) is 10.0 Å². The lowest BCUT2D eigenvalue weighted by Crippen LogP contribution is -2.41. The van der Waals surface area contributed by atoms with Gasteiger partial charge in [-0.3, -0.25) is 4.90 Å². The van der Waals surface area contributed by atoms with Gasteiger partial charge >= 0.3 is 0 Å². The fourth-order valence-corrected chi connectivity index (χ4v) is 7.12. The molecule has 0 spiro atoms. The number of ether oxygens (including phenoxy) is 1. The summed E-state index contributed by atoms with van der Waals surface area (Å²) < 4.78 is 33.4. The first-order valence-corrected chi connectivity index (χ1v) is 13.2. The van der Waals surface area contributed by atoms with Crippen LogP contribution in [0.2, 0.25) is 5.02 Å². The van der Waals surface area contributed by atoms with Crippen LogP contribution in [0.25, 0.3) is 0 Å². The second-order valence-corrected chi connectivity index (χ2v) is 12.1. The molecule has 30 heavy (non-hydrogen) atoms. The molecule has 5 nitrogen and oxygen atoms in total. The maximum atomic E-state index is 12.7. The number of halogens is 1. The van der Waals surface area contributed by atoms with Crippen molar-refractivity contribution < 1.29 is 13.2 Å². The minimum absolute atomic E-state index is 0.0922. The van der Waals surface area contributed by atoms with Gasteiger partial charge in [-0.1, -0.05) is 23.7 Å². The van der Waals surface area contributed by atoms with Crippen molar-refractivity contribution in [1.82, 2.24) is 9.21 Å². The van der Waals surface area contributed by atoms with Crippen LogP contribution >= 0.6 is 22.9 Å². The molecule has 8 heteroatoms. The van der Waals surface area contributed by atoms with Crippen LogP contribution in [-0.2, 0) is 16.6 Å². The molecule has 0 amide bonds. The first-order valence-electron chi connectivity index (χ1n) is 10.5. The molecular formula is C22H29ClN2O3S2. The van der Waals surface area contributed by atoms with E-state index in [2.05, 4.69) is 11.0 Å². The van der Waals surface area contributed by atoms with Gasteiger partial charge in [-0.2, -0.15) is 4.31 Å². The number of hydrogen-bond donors (Lipinski definition) is 0. The lowest BCUT2D eigenvalue weighted by Gasteiger charge is -2.37. The summed E-state index contributed by atoms with van der Waals surface area (Å²) in [5.74, 6) is 1.05. The van der Waals surface area contributed by atoms with Gasteiger partial charge in [0.05, 0.1) is 11.1 Å². The zero-order valence-corrected chi connectivity index (χ0v) is 19.9. The summed E-state index contributed by atoms with van der Waals surface area (Å²) in [4.78, 5) is 2.43. The zero-order valence-electron chi connectivity index (χ0n) is 17.5. The Kier molecular flexibility index (Phi) is 6.75. The molecule has 1 aromatic heterocycles. The van der Waals surface area contributed by atoms with E-state index in [1.807, 2.05) is 24.4 Å². The zero-order chi connectivity index (χ0) is 21.3. The largest absolute Gasteiger partial charge is 0.489 e. The quantitative estimate of drug-likeness (QED) is 0.559. The third-order valence-corrected chi connectivity index (χ3v) is 9.79. The Bertz CT molecular complexity index is 980. The van der Waals surface area contributed by atoms with Gasteiger partial charge in [0.15, 0.2) is 0 Å². The SMILES string of the molecule is Cc1csc(S(=O)(=O)N(C)CC2CC(Oc3cccc(CN4CCCC4)c3Cl)C2)c1. The van der Waals surface area contributed by atoms with Gasteiger partial charge in [0.1, 0.15) is 9.96 Å². The van der Waals surface area contributed by atoms with Crippen LogP contribution in [0.3, 0.4) is 0 Å². The highest BCUT2D eigenvalue weighted by atomic mass is 35.5. The summed E-state index contributed by atoms with van der Waals surface area (Å²) in [6, 6.07) is 7.74. The summed E-state index contributed by atoms with van der Waals surface area (Å²) in [5.41, 5.74) is 2.09. The van der Waals surface area contributed by atoms with Crippen molar-refractivity contribution in [2.24, 2.45) is 5.92 Å². The van der Waals surface area contributed by atoms with Gasteiger partial charge in [0, 0.05) is 20.1 Å². The average Bonchev–Trinajstić information content (AvgIpc) is 3.34. The second kappa shape index (κ2) is 9.17. The molecule has 2 fully saturated rings. The summed E-state index contributed by atoms with van der Waals surface area (Å²) in [7, 11) is -1.74. The number of aryl methyl sites for hydroxylation is 1. The van der Waals surface area contributed by atoms with Gasteiger partial charge in [-0.15, -0.1) is 11.3 Å². The van der Waals surface area contributed by atoms with Crippen molar-refractivity contribution in [2.75, 3.05) is 26.7 Å². The van der Waals surface area contributed by atoms with Gasteiger partial charge in [0.2, 0.25) is 0 Å². The van der Waals surface area contributed by atoms with Crippen molar-refractivity contribution >= 4 is 33.0 Å². The molecule has 0 unspecified atom stereocenters. The molecule has 0 radical (unpaired) electrons. The standard InChI is InChI=1S/C22H29ClN2O3S2/c1-16-10-21(29-15-16)30(26,27)24(2)13-17-11-19(12-17)28-20-7-5-6-18(22(20)23)14-25-8-3-4-9-25/h5-7,10,15,17,19H,3-4,8-9,11-14H2,1-2H3. The molecule has 164 valence electrons. The van der Waals surface area contributed by atoms with Crippen LogP contribution < -0.4 is 4.74 Å². The average molecular weight is 469 g/mol. The smallest absolute Gasteiger partial charge is 0.252 e. The highest BCUT2D eigenvalue weighted by molar-refractivity contribution is 7.91. The molecule has 2 aromatic rings. The number of thiophene rings is 1. The molecule has 1 saturated heterocycles. The van der Waals surface area contributed by atoms with E-state index in [-0.39, 0.29) is 6.10 Å². The Morgan fingerprint density at radius 1 is 1.27 bits per heavy atom. The highest BCUT2D eigenvalue weighted by Crippen LogP contribution is 2.37. The number of benzene rings is 1. The predicted octanol–water partition coefficient (Wildman–Crippen LogP) is 4.78. The number of rotatable bonds is 8. The fraction of sp³-hybridized carbons (Fsp3) is 0.545. The summed E-state index contributed by atoms with van der Waals surface area (Å²) >= 11 is 7.91. The van der Waals surface area contributed by atoms with Gasteiger partial charge in [-0.05, 0) is 80.3 Å². The first-order chi connectivity index (χ1) is 14.3. The fourth-order valence-electron chi connectivity index (χ4n) is 4.21. The maximum Gasteiger partial charge on any atom is 0.252 e. The molecule has 1 saturated carbocycles. The number of likely N-dealkylation sites (tertiary alicyclic amines) is 1. The Morgan fingerprint density at radius 2 is 2.00 bits per heavy atom. The maximum absolute atomic E-state index is 12.7. The lowest BCUT2D eigenvalue weighted by atomic mass is 9.82. The van der Waals surface area contributed by atoms with E-state index in [1.54, 1.807) is 13.1 Å². The van der Waals surface area contributed by atoms with Crippen LogP contribution in [0, 0.1) is 12.8 Å². The van der Waals surface area contributed by atoms with Crippen molar-refractivity contribution in [3.05, 3.63) is 45.8 Å². The molecule has 1 aliphatic carbocycles. The predicted molar refractivity (Wildman–Crippen MR) is 122 cm³/mol. The molecule has 2 aliphatic rings. The number of sulfonamides is 1. The Hall–Kier alpha value is -1.12. The van der Waals surface area contributed by atoms with Gasteiger partial charge in [-0.25, -0.2) is 8.42 Å². The monoisotopic (exact) mass is 468 g/mol. The topological polar surface area (TPSA) is 49.9 Å². The normalized spacial score (nSPS) is 22.4. The lowest BCUT2D eigenvalue weighted by molar-refractivity contribution is 0.0575. The summed E-state index contributed by atoms with van der Waals surface area (Å²) in [6.07, 6.45) is 4.29. The molecule has 4 rings (SSSR count). The third kappa shape index (κ3) is 4.86. The van der Waals surface area contributed by atoms with E-state index in [1.165, 1.54) is 28.5 Å². The molecule has 0 bridgehead atoms. The van der Waals surface area contributed by atoms with Crippen LogP contribution in [0.5, 0.6) is 5.75 Å². The van der Waals surface area contributed by atoms with Crippen LogP contribution in [0.1, 0.15) is 36.8 Å². The van der Waals surface area contributed by atoms with Crippen molar-refractivity contribution in [1.29, 1.82) is 0 Å². The van der Waals surface area contributed by atoms with Gasteiger partial charge < -0.3 is 4.74 Å². The van der Waals surface area contributed by atoms with Crippen molar-refractivity contribution in [3.63, 3.8) is 0 Å². The van der Waals surface area contributed by atoms with E-state index >= 15 is 0 Å². The summed E-state index contributed by atoms with van der Waals surface area (Å²) in [5, 5.41) is 2.58. The molecule has 1 aliphatic heterocycles.